The first-order valence-electron chi connectivity index (χ1n) is 8.25. The van der Waals surface area contributed by atoms with Gasteiger partial charge in [0.1, 0.15) is 4.83 Å². The predicted molar refractivity (Wildman–Crippen MR) is 102 cm³/mol. The molecule has 130 valence electrons. The largest absolute Gasteiger partial charge is 0.345 e. The van der Waals surface area contributed by atoms with E-state index in [2.05, 4.69) is 11.6 Å². The molecule has 0 saturated carbocycles. The number of ketones is 1. The minimum atomic E-state index is -0.158. The maximum absolute atomic E-state index is 12.7. The maximum atomic E-state index is 12.7. The van der Waals surface area contributed by atoms with E-state index in [1.54, 1.807) is 6.08 Å². The average molecular weight is 355 g/mol. The molecule has 0 spiro atoms. The molecule has 3 aromatic heterocycles. The van der Waals surface area contributed by atoms with E-state index in [0.29, 0.717) is 17.5 Å². The van der Waals surface area contributed by atoms with Gasteiger partial charge in [0.15, 0.2) is 5.78 Å². The Morgan fingerprint density at radius 3 is 2.80 bits per heavy atom. The molecule has 0 amide bonds. The van der Waals surface area contributed by atoms with Gasteiger partial charge in [-0.1, -0.05) is 13.0 Å². The summed E-state index contributed by atoms with van der Waals surface area (Å²) in [5.41, 5.74) is 2.39. The van der Waals surface area contributed by atoms with Crippen molar-refractivity contribution in [3.63, 3.8) is 0 Å². The molecular weight excluding hydrogens is 334 g/mol. The molecule has 0 unspecified atom stereocenters. The van der Waals surface area contributed by atoms with E-state index in [-0.39, 0.29) is 17.9 Å². The van der Waals surface area contributed by atoms with Crippen LogP contribution < -0.4 is 5.56 Å². The predicted octanol–water partition coefficient (Wildman–Crippen LogP) is 3.51. The van der Waals surface area contributed by atoms with Crippen molar-refractivity contribution < 1.29 is 4.79 Å². The van der Waals surface area contributed by atoms with Gasteiger partial charge in [-0.25, -0.2) is 4.98 Å². The molecule has 0 radical (unpaired) electrons. The first-order valence-corrected chi connectivity index (χ1v) is 9.06. The molecule has 0 N–H and O–H groups in total. The number of aromatic nitrogens is 3. The van der Waals surface area contributed by atoms with E-state index >= 15 is 0 Å². The van der Waals surface area contributed by atoms with E-state index in [1.165, 1.54) is 22.2 Å². The van der Waals surface area contributed by atoms with E-state index in [4.69, 9.17) is 0 Å². The van der Waals surface area contributed by atoms with Gasteiger partial charge < -0.3 is 4.57 Å². The van der Waals surface area contributed by atoms with Gasteiger partial charge in [-0.3, -0.25) is 14.2 Å². The highest BCUT2D eigenvalue weighted by atomic mass is 32.1. The van der Waals surface area contributed by atoms with Crippen LogP contribution in [0.15, 0.2) is 35.9 Å². The van der Waals surface area contributed by atoms with Gasteiger partial charge in [-0.05, 0) is 32.4 Å². The van der Waals surface area contributed by atoms with E-state index in [9.17, 15) is 9.59 Å². The summed E-state index contributed by atoms with van der Waals surface area (Å²) in [5.74, 6) is -0.0855. The Balaban J connectivity index is 1.95. The van der Waals surface area contributed by atoms with Crippen molar-refractivity contribution in [3.8, 4) is 0 Å². The van der Waals surface area contributed by atoms with Gasteiger partial charge in [0.2, 0.25) is 0 Å². The van der Waals surface area contributed by atoms with Gasteiger partial charge in [-0.15, -0.1) is 17.9 Å². The molecule has 0 aliphatic rings. The molecule has 0 aliphatic heterocycles. The molecule has 0 atom stereocenters. The summed E-state index contributed by atoms with van der Waals surface area (Å²) in [6.45, 7) is 10.3. The van der Waals surface area contributed by atoms with Crippen LogP contribution in [0.25, 0.3) is 10.2 Å². The topological polar surface area (TPSA) is 56.9 Å². The number of rotatable bonds is 6. The first-order chi connectivity index (χ1) is 12.0. The smallest absolute Gasteiger partial charge is 0.262 e. The second kappa shape index (κ2) is 6.80. The van der Waals surface area contributed by atoms with Gasteiger partial charge >= 0.3 is 0 Å². The number of Topliss-reactive ketones (excluding diaryl/α,β-unsaturated/α-hetero) is 1. The molecule has 3 aromatic rings. The quantitative estimate of drug-likeness (QED) is 0.502. The van der Waals surface area contributed by atoms with Crippen molar-refractivity contribution in [2.24, 2.45) is 0 Å². The minimum Gasteiger partial charge on any atom is -0.345 e. The Kier molecular flexibility index (Phi) is 4.72. The second-order valence-electron chi connectivity index (χ2n) is 6.07. The Bertz CT molecular complexity index is 1020. The number of fused-ring (bicyclic) bond motifs is 1. The molecule has 0 aliphatic carbocycles. The van der Waals surface area contributed by atoms with Crippen molar-refractivity contribution in [2.45, 2.75) is 40.3 Å². The fourth-order valence-corrected chi connectivity index (χ4v) is 3.96. The second-order valence-corrected chi connectivity index (χ2v) is 7.19. The number of carbonyl (C=O) groups is 1. The molecule has 0 aromatic carbocycles. The van der Waals surface area contributed by atoms with Crippen LogP contribution in [0, 0.1) is 13.8 Å². The number of aryl methyl sites for hydroxylation is 2. The van der Waals surface area contributed by atoms with Crippen LogP contribution in [-0.2, 0) is 19.5 Å². The van der Waals surface area contributed by atoms with Crippen LogP contribution >= 0.6 is 11.3 Å². The Labute approximate surface area is 150 Å². The molecule has 0 fully saturated rings. The highest BCUT2D eigenvalue weighted by Gasteiger charge is 2.17. The SMILES string of the molecule is C=CCn1c(C)cc(C(=O)Cn2cnc3sc(CC)cc3c2=O)c1C. The number of carbonyl (C=O) groups excluding carboxylic acids is 1. The molecule has 25 heavy (non-hydrogen) atoms. The molecule has 3 rings (SSSR count). The fourth-order valence-electron chi connectivity index (χ4n) is 3.03. The van der Waals surface area contributed by atoms with Crippen LogP contribution in [0.5, 0.6) is 0 Å². The third-order valence-electron chi connectivity index (χ3n) is 4.42. The minimum absolute atomic E-state index is 0.00252. The molecule has 3 heterocycles. The van der Waals surface area contributed by atoms with Gasteiger partial charge in [0, 0.05) is 28.4 Å². The lowest BCUT2D eigenvalue weighted by molar-refractivity contribution is 0.0970. The zero-order valence-electron chi connectivity index (χ0n) is 14.7. The van der Waals surface area contributed by atoms with E-state index in [0.717, 1.165) is 27.5 Å². The van der Waals surface area contributed by atoms with Gasteiger partial charge in [-0.2, -0.15) is 0 Å². The number of nitrogens with zero attached hydrogens (tertiary/aromatic N) is 3. The van der Waals surface area contributed by atoms with Crippen LogP contribution in [0.3, 0.4) is 0 Å². The third-order valence-corrected chi connectivity index (χ3v) is 5.60. The number of hydrogen-bond acceptors (Lipinski definition) is 4. The van der Waals surface area contributed by atoms with Crippen LogP contribution in [0.1, 0.15) is 33.5 Å². The first kappa shape index (κ1) is 17.4. The Hall–Kier alpha value is -2.47. The standard InChI is InChI=1S/C19H21N3O2S/c1-5-7-22-12(3)8-15(13(22)4)17(23)10-21-11-20-18-16(19(21)24)9-14(6-2)25-18/h5,8-9,11H,1,6-7,10H2,2-4H3. The Morgan fingerprint density at radius 1 is 1.36 bits per heavy atom. The van der Waals surface area contributed by atoms with Crippen molar-refractivity contribution in [1.82, 2.24) is 14.1 Å². The lowest BCUT2D eigenvalue weighted by Crippen LogP contribution is -2.24. The van der Waals surface area contributed by atoms with Gasteiger partial charge in [0.05, 0.1) is 18.3 Å². The molecule has 0 bridgehead atoms. The van der Waals surface area contributed by atoms with E-state index in [1.807, 2.05) is 37.5 Å². The highest BCUT2D eigenvalue weighted by molar-refractivity contribution is 7.18. The summed E-state index contributed by atoms with van der Waals surface area (Å²) in [4.78, 5) is 31.6. The molecular formula is C19H21N3O2S. The van der Waals surface area contributed by atoms with Crippen LogP contribution in [-0.4, -0.2) is 19.9 Å². The third kappa shape index (κ3) is 3.09. The number of thiophene rings is 1. The lowest BCUT2D eigenvalue weighted by atomic mass is 10.1. The maximum Gasteiger partial charge on any atom is 0.262 e. The summed E-state index contributed by atoms with van der Waals surface area (Å²) in [7, 11) is 0. The molecule has 0 saturated heterocycles. The average Bonchev–Trinajstić information content (AvgIpc) is 3.14. The summed E-state index contributed by atoms with van der Waals surface area (Å²) in [6, 6.07) is 3.75. The van der Waals surface area contributed by atoms with E-state index < -0.39 is 0 Å². The van der Waals surface area contributed by atoms with Crippen LogP contribution in [0.2, 0.25) is 0 Å². The van der Waals surface area contributed by atoms with Crippen molar-refractivity contribution in [1.29, 1.82) is 0 Å². The number of allylic oxidation sites excluding steroid dienone is 1. The zero-order valence-corrected chi connectivity index (χ0v) is 15.5. The molecule has 6 heteroatoms. The summed E-state index contributed by atoms with van der Waals surface area (Å²) >= 11 is 1.53. The van der Waals surface area contributed by atoms with Gasteiger partial charge in [0.25, 0.3) is 5.56 Å². The van der Waals surface area contributed by atoms with Crippen molar-refractivity contribution >= 4 is 27.3 Å². The monoisotopic (exact) mass is 355 g/mol. The summed E-state index contributed by atoms with van der Waals surface area (Å²) in [6.07, 6.45) is 4.15. The summed E-state index contributed by atoms with van der Waals surface area (Å²) in [5, 5.41) is 0.592. The van der Waals surface area contributed by atoms with Crippen LogP contribution in [0.4, 0.5) is 0 Å². The normalized spacial score (nSPS) is 11.2. The van der Waals surface area contributed by atoms with Crippen molar-refractivity contribution in [2.75, 3.05) is 0 Å². The zero-order chi connectivity index (χ0) is 18.1. The Morgan fingerprint density at radius 2 is 2.12 bits per heavy atom. The summed E-state index contributed by atoms with van der Waals surface area (Å²) < 4.78 is 3.44. The lowest BCUT2D eigenvalue weighted by Gasteiger charge is -2.07. The molecule has 5 nitrogen and oxygen atoms in total. The fraction of sp³-hybridized carbons (Fsp3) is 0.316. The number of hydrogen-bond donors (Lipinski definition) is 0. The highest BCUT2D eigenvalue weighted by Crippen LogP contribution is 2.21. The van der Waals surface area contributed by atoms with Crippen molar-refractivity contribution in [3.05, 3.63) is 63.3 Å².